The topological polar surface area (TPSA) is 73.0 Å². The quantitative estimate of drug-likeness (QED) is 0.719. The molecule has 1 aliphatic rings. The SMILES string of the molecule is CCN1CCN(c2ccc(NC(=O)c3cc(C)c(C)c(S(=O)(=O)N(C)C)c3)cc2C)CC1. The van der Waals surface area contributed by atoms with Gasteiger partial charge in [-0.15, -0.1) is 0 Å². The molecule has 0 atom stereocenters. The lowest BCUT2D eigenvalue weighted by Gasteiger charge is -2.36. The maximum atomic E-state index is 13.0. The van der Waals surface area contributed by atoms with E-state index in [1.54, 1.807) is 13.0 Å². The van der Waals surface area contributed by atoms with Gasteiger partial charge in [0.05, 0.1) is 4.90 Å². The number of sulfonamides is 1. The predicted octanol–water partition coefficient (Wildman–Crippen LogP) is 3.26. The van der Waals surface area contributed by atoms with E-state index < -0.39 is 10.0 Å². The van der Waals surface area contributed by atoms with Crippen molar-refractivity contribution in [1.82, 2.24) is 9.21 Å². The summed E-state index contributed by atoms with van der Waals surface area (Å²) in [7, 11) is -0.667. The van der Waals surface area contributed by atoms with Crippen LogP contribution in [-0.2, 0) is 10.0 Å². The summed E-state index contributed by atoms with van der Waals surface area (Å²) < 4.78 is 26.6. The molecule has 1 heterocycles. The van der Waals surface area contributed by atoms with E-state index in [0.29, 0.717) is 16.8 Å². The Labute approximate surface area is 192 Å². The van der Waals surface area contributed by atoms with Gasteiger partial charge in [-0.25, -0.2) is 12.7 Å². The highest BCUT2D eigenvalue weighted by Gasteiger charge is 2.23. The molecule has 1 fully saturated rings. The molecule has 3 rings (SSSR count). The van der Waals surface area contributed by atoms with Crippen LogP contribution in [-0.4, -0.2) is 70.3 Å². The molecule has 7 nitrogen and oxygen atoms in total. The van der Waals surface area contributed by atoms with E-state index in [9.17, 15) is 13.2 Å². The second kappa shape index (κ2) is 9.60. The van der Waals surface area contributed by atoms with Crippen LogP contribution >= 0.6 is 0 Å². The summed E-state index contributed by atoms with van der Waals surface area (Å²) in [6.07, 6.45) is 0. The Bertz CT molecular complexity index is 1100. The number of likely N-dealkylation sites (N-methyl/N-ethyl adjacent to an activating group) is 1. The van der Waals surface area contributed by atoms with E-state index in [4.69, 9.17) is 0 Å². The van der Waals surface area contributed by atoms with Crippen molar-refractivity contribution in [1.29, 1.82) is 0 Å². The third kappa shape index (κ3) is 4.98. The summed E-state index contributed by atoms with van der Waals surface area (Å²) in [6.45, 7) is 13.0. The number of benzene rings is 2. The van der Waals surface area contributed by atoms with Crippen LogP contribution in [0.1, 0.15) is 34.0 Å². The Morgan fingerprint density at radius 3 is 2.22 bits per heavy atom. The molecule has 0 radical (unpaired) electrons. The monoisotopic (exact) mass is 458 g/mol. The van der Waals surface area contributed by atoms with Crippen LogP contribution in [0.4, 0.5) is 11.4 Å². The fourth-order valence-electron chi connectivity index (χ4n) is 4.02. The molecule has 32 heavy (non-hydrogen) atoms. The molecule has 1 aliphatic heterocycles. The highest BCUT2D eigenvalue weighted by atomic mass is 32.2. The third-order valence-electron chi connectivity index (χ3n) is 6.26. The normalized spacial score (nSPS) is 15.3. The number of piperazine rings is 1. The Morgan fingerprint density at radius 2 is 1.66 bits per heavy atom. The Kier molecular flexibility index (Phi) is 7.27. The van der Waals surface area contributed by atoms with Crippen LogP contribution in [0.2, 0.25) is 0 Å². The van der Waals surface area contributed by atoms with E-state index in [0.717, 1.165) is 43.9 Å². The lowest BCUT2D eigenvalue weighted by Crippen LogP contribution is -2.46. The van der Waals surface area contributed by atoms with Gasteiger partial charge >= 0.3 is 0 Å². The minimum absolute atomic E-state index is 0.158. The largest absolute Gasteiger partial charge is 0.369 e. The number of rotatable bonds is 6. The fraction of sp³-hybridized carbons (Fsp3) is 0.458. The minimum Gasteiger partial charge on any atom is -0.369 e. The fourth-order valence-corrected chi connectivity index (χ4v) is 5.24. The van der Waals surface area contributed by atoms with Crippen LogP contribution in [0.25, 0.3) is 0 Å². The van der Waals surface area contributed by atoms with E-state index in [-0.39, 0.29) is 10.8 Å². The molecule has 0 aliphatic carbocycles. The van der Waals surface area contributed by atoms with Gasteiger partial charge in [0.1, 0.15) is 0 Å². The molecule has 1 N–H and O–H groups in total. The van der Waals surface area contributed by atoms with Crippen molar-refractivity contribution in [2.24, 2.45) is 0 Å². The Morgan fingerprint density at radius 1 is 1.00 bits per heavy atom. The van der Waals surface area contributed by atoms with Gasteiger partial charge in [0.25, 0.3) is 5.91 Å². The summed E-state index contributed by atoms with van der Waals surface area (Å²) in [5.74, 6) is -0.327. The first-order valence-corrected chi connectivity index (χ1v) is 12.4. The molecular formula is C24H34N4O3S. The number of anilines is 2. The molecule has 0 spiro atoms. The van der Waals surface area contributed by atoms with E-state index in [1.807, 2.05) is 19.1 Å². The van der Waals surface area contributed by atoms with Gasteiger partial charge in [0.15, 0.2) is 0 Å². The highest BCUT2D eigenvalue weighted by Crippen LogP contribution is 2.27. The van der Waals surface area contributed by atoms with Crippen molar-refractivity contribution < 1.29 is 13.2 Å². The first-order valence-electron chi connectivity index (χ1n) is 11.0. The smallest absolute Gasteiger partial charge is 0.255 e. The molecular weight excluding hydrogens is 424 g/mol. The van der Waals surface area contributed by atoms with Gasteiger partial charge in [-0.2, -0.15) is 0 Å². The van der Waals surface area contributed by atoms with Gasteiger partial charge in [-0.1, -0.05) is 6.92 Å². The summed E-state index contributed by atoms with van der Waals surface area (Å²) in [4.78, 5) is 17.9. The lowest BCUT2D eigenvalue weighted by molar-refractivity contribution is 0.102. The molecule has 2 aromatic carbocycles. The van der Waals surface area contributed by atoms with Crippen molar-refractivity contribution in [3.8, 4) is 0 Å². The standard InChI is InChI=1S/C24H34N4O3S/c1-7-27-10-12-28(13-11-27)22-9-8-21(15-18(22)3)25-24(29)20-14-17(2)19(4)23(16-20)32(30,31)26(5)6/h8-9,14-16H,7,10-13H2,1-6H3,(H,25,29). The molecule has 1 saturated heterocycles. The molecule has 8 heteroatoms. The molecule has 2 aromatic rings. The number of aryl methyl sites for hydroxylation is 2. The summed E-state index contributed by atoms with van der Waals surface area (Å²) in [6, 6.07) is 9.12. The Balaban J connectivity index is 1.81. The number of carbonyl (C=O) groups is 1. The lowest BCUT2D eigenvalue weighted by atomic mass is 10.1. The third-order valence-corrected chi connectivity index (χ3v) is 8.20. The predicted molar refractivity (Wildman–Crippen MR) is 130 cm³/mol. The zero-order valence-corrected chi connectivity index (χ0v) is 20.7. The molecule has 1 amide bonds. The van der Waals surface area contributed by atoms with E-state index in [1.165, 1.54) is 30.2 Å². The molecule has 0 unspecified atom stereocenters. The molecule has 0 saturated carbocycles. The van der Waals surface area contributed by atoms with Gasteiger partial charge in [-0.3, -0.25) is 4.79 Å². The maximum Gasteiger partial charge on any atom is 0.255 e. The number of nitrogens with zero attached hydrogens (tertiary/aromatic N) is 3. The maximum absolute atomic E-state index is 13.0. The van der Waals surface area contributed by atoms with Gasteiger partial charge in [0, 0.05) is 57.2 Å². The molecule has 0 bridgehead atoms. The number of hydrogen-bond donors (Lipinski definition) is 1. The number of carbonyl (C=O) groups excluding carboxylic acids is 1. The summed E-state index contributed by atoms with van der Waals surface area (Å²) in [5, 5.41) is 2.93. The van der Waals surface area contributed by atoms with Gasteiger partial charge in [0.2, 0.25) is 10.0 Å². The average Bonchev–Trinajstić information content (AvgIpc) is 2.75. The van der Waals surface area contributed by atoms with Crippen molar-refractivity contribution in [2.75, 3.05) is 57.0 Å². The van der Waals surface area contributed by atoms with Crippen molar-refractivity contribution in [2.45, 2.75) is 32.6 Å². The average molecular weight is 459 g/mol. The van der Waals surface area contributed by atoms with Crippen molar-refractivity contribution >= 4 is 27.3 Å². The first kappa shape index (κ1) is 24.2. The Hall–Kier alpha value is -2.42. The van der Waals surface area contributed by atoms with Gasteiger partial charge < -0.3 is 15.1 Å². The summed E-state index contributed by atoms with van der Waals surface area (Å²) in [5.41, 5.74) is 4.71. The zero-order chi connectivity index (χ0) is 23.6. The molecule has 174 valence electrons. The zero-order valence-electron chi connectivity index (χ0n) is 19.9. The highest BCUT2D eigenvalue weighted by molar-refractivity contribution is 7.89. The molecule has 0 aromatic heterocycles. The second-order valence-corrected chi connectivity index (χ2v) is 10.7. The number of hydrogen-bond acceptors (Lipinski definition) is 5. The van der Waals surface area contributed by atoms with Crippen LogP contribution in [0.3, 0.4) is 0 Å². The first-order chi connectivity index (χ1) is 15.0. The number of amides is 1. The second-order valence-electron chi connectivity index (χ2n) is 8.58. The van der Waals surface area contributed by atoms with Gasteiger partial charge in [-0.05, 0) is 74.3 Å². The van der Waals surface area contributed by atoms with E-state index >= 15 is 0 Å². The van der Waals surface area contributed by atoms with Crippen LogP contribution in [0, 0.1) is 20.8 Å². The van der Waals surface area contributed by atoms with Crippen LogP contribution < -0.4 is 10.2 Å². The van der Waals surface area contributed by atoms with Crippen LogP contribution in [0.5, 0.6) is 0 Å². The minimum atomic E-state index is -3.65. The van der Waals surface area contributed by atoms with E-state index in [2.05, 4.69) is 35.0 Å². The van der Waals surface area contributed by atoms with Crippen LogP contribution in [0.15, 0.2) is 35.2 Å². The van der Waals surface area contributed by atoms with Crippen molar-refractivity contribution in [3.63, 3.8) is 0 Å². The number of nitrogens with one attached hydrogen (secondary N) is 1. The summed E-state index contributed by atoms with van der Waals surface area (Å²) >= 11 is 0. The van der Waals surface area contributed by atoms with Crippen molar-refractivity contribution in [3.05, 3.63) is 52.6 Å².